The van der Waals surface area contributed by atoms with Gasteiger partial charge in [-0.25, -0.2) is 9.31 Å². The molecule has 1 aliphatic heterocycles. The van der Waals surface area contributed by atoms with E-state index in [0.717, 1.165) is 46.3 Å². The highest BCUT2D eigenvalue weighted by atomic mass is 79.9. The molecule has 2 amide bonds. The fraction of sp³-hybridized carbons (Fsp3) is 0.469. The summed E-state index contributed by atoms with van der Waals surface area (Å²) >= 11 is 3.65. The molecular formula is C32H36BrN5O3. The lowest BCUT2D eigenvalue weighted by molar-refractivity contribution is 0.0503. The molecule has 3 aromatic heterocycles. The van der Waals surface area contributed by atoms with E-state index in [2.05, 4.69) is 51.7 Å². The molecule has 0 spiro atoms. The molecule has 1 N–H and O–H groups in total. The summed E-state index contributed by atoms with van der Waals surface area (Å²) in [6.45, 7) is 9.46. The molecule has 3 aliphatic rings. The predicted octanol–water partition coefficient (Wildman–Crippen LogP) is 6.82. The summed E-state index contributed by atoms with van der Waals surface area (Å²) in [6.07, 6.45) is 5.24. The van der Waals surface area contributed by atoms with Gasteiger partial charge in [-0.15, -0.1) is 0 Å². The third-order valence-corrected chi connectivity index (χ3v) is 9.89. The maximum Gasteiger partial charge on any atom is 0.408 e. The number of hydrogen-bond donors (Lipinski definition) is 1. The predicted molar refractivity (Wildman–Crippen MR) is 162 cm³/mol. The van der Waals surface area contributed by atoms with Crippen LogP contribution < -0.4 is 0 Å². The van der Waals surface area contributed by atoms with Crippen LogP contribution in [0.5, 0.6) is 0 Å². The summed E-state index contributed by atoms with van der Waals surface area (Å²) in [7, 11) is 0. The topological polar surface area (TPSA) is 83.1 Å². The van der Waals surface area contributed by atoms with Crippen LogP contribution in [0, 0.1) is 18.8 Å². The Bertz CT molecular complexity index is 1710. The number of likely N-dealkylation sites (tertiary alicyclic amines) is 1. The third kappa shape index (κ3) is 4.35. The molecule has 0 radical (unpaired) electrons. The minimum Gasteiger partial charge on any atom is -0.465 e. The molecule has 9 heteroatoms. The number of benzene rings is 1. The van der Waals surface area contributed by atoms with Crippen molar-refractivity contribution in [1.29, 1.82) is 0 Å². The fourth-order valence-corrected chi connectivity index (χ4v) is 7.68. The van der Waals surface area contributed by atoms with Crippen LogP contribution in [-0.4, -0.2) is 65.3 Å². The Morgan fingerprint density at radius 1 is 1.07 bits per heavy atom. The number of nitrogens with zero attached hydrogens (tertiary/aromatic N) is 5. The Labute approximate surface area is 248 Å². The summed E-state index contributed by atoms with van der Waals surface area (Å²) in [5.41, 5.74) is 5.36. The van der Waals surface area contributed by atoms with Crippen LogP contribution in [0.25, 0.3) is 27.8 Å². The number of hydrogen-bond acceptors (Lipinski definition) is 3. The number of halogens is 1. The molecule has 3 atom stereocenters. The van der Waals surface area contributed by atoms with Crippen molar-refractivity contribution in [2.24, 2.45) is 11.8 Å². The molecule has 8 nitrogen and oxygen atoms in total. The van der Waals surface area contributed by atoms with E-state index in [9.17, 15) is 14.7 Å². The van der Waals surface area contributed by atoms with Crippen LogP contribution in [-0.2, 0) is 6.54 Å². The van der Waals surface area contributed by atoms with E-state index in [1.54, 1.807) is 4.90 Å². The zero-order valence-electron chi connectivity index (χ0n) is 24.0. The van der Waals surface area contributed by atoms with Crippen LogP contribution in [0.1, 0.15) is 62.4 Å². The quantitative estimate of drug-likeness (QED) is 0.266. The van der Waals surface area contributed by atoms with Gasteiger partial charge in [0.25, 0.3) is 5.91 Å². The van der Waals surface area contributed by atoms with E-state index < -0.39 is 11.6 Å². The van der Waals surface area contributed by atoms with Gasteiger partial charge in [-0.05, 0) is 95.5 Å². The van der Waals surface area contributed by atoms with Crippen LogP contribution in [0.15, 0.2) is 47.1 Å². The number of carbonyl (C=O) groups excluding carboxylic acids is 1. The maximum absolute atomic E-state index is 13.9. The molecule has 214 valence electrons. The second-order valence-electron chi connectivity index (χ2n) is 13.2. The molecule has 7 rings (SSSR count). The molecule has 3 fully saturated rings. The Morgan fingerprint density at radius 3 is 2.56 bits per heavy atom. The van der Waals surface area contributed by atoms with Crippen molar-refractivity contribution in [2.75, 3.05) is 6.54 Å². The Hall–Kier alpha value is -3.33. The number of pyridine rings is 1. The van der Waals surface area contributed by atoms with Crippen LogP contribution in [0.4, 0.5) is 4.79 Å². The largest absolute Gasteiger partial charge is 0.465 e. The molecule has 2 unspecified atom stereocenters. The standard InChI is InChI=1S/C32H36BrN5O3/c1-18-24-11-9-22(30(39)36-16-21-8-12-25(36)29(21)38(31(40)41)32(2,3)4)17-37(24)34-28(18)27-13-20-7-10-23(33)14-26(20)35(27)15-19-5-6-19/h7,9-11,13-14,17,19,21,25,29H,5-6,8,12,15-16H2,1-4H3,(H,40,41)/t21?,25?,29-/m1/s1. The van der Waals surface area contributed by atoms with Gasteiger partial charge in [0.15, 0.2) is 0 Å². The lowest BCUT2D eigenvalue weighted by atomic mass is 9.98. The molecule has 1 aromatic carbocycles. The van der Waals surface area contributed by atoms with E-state index >= 15 is 0 Å². The number of carboxylic acid groups (broad SMARTS) is 1. The van der Waals surface area contributed by atoms with Gasteiger partial charge in [-0.1, -0.05) is 22.0 Å². The molecule has 2 aliphatic carbocycles. The van der Waals surface area contributed by atoms with Gasteiger partial charge in [-0.3, -0.25) is 9.69 Å². The second-order valence-corrected chi connectivity index (χ2v) is 14.1. The number of carbonyl (C=O) groups is 2. The fourth-order valence-electron chi connectivity index (χ4n) is 7.33. The average Bonchev–Trinajstić information content (AvgIpc) is 3.26. The number of amides is 2. The SMILES string of the molecule is Cc1c(-c2cc3ccc(Br)cc3n2CC2CC2)nn2cc(C(=O)N3CC4CCC3[C@@H]4N(C(=O)O)C(C)(C)C)ccc12. The van der Waals surface area contributed by atoms with Crippen molar-refractivity contribution >= 4 is 44.3 Å². The molecule has 2 bridgehead atoms. The van der Waals surface area contributed by atoms with E-state index in [1.165, 1.54) is 23.7 Å². The van der Waals surface area contributed by atoms with E-state index in [4.69, 9.17) is 5.10 Å². The average molecular weight is 619 g/mol. The van der Waals surface area contributed by atoms with Gasteiger partial charge < -0.3 is 14.6 Å². The molecular weight excluding hydrogens is 582 g/mol. The molecule has 41 heavy (non-hydrogen) atoms. The first-order chi connectivity index (χ1) is 19.5. The van der Waals surface area contributed by atoms with Crippen LogP contribution in [0.2, 0.25) is 0 Å². The van der Waals surface area contributed by atoms with Gasteiger partial charge in [0.05, 0.1) is 28.9 Å². The van der Waals surface area contributed by atoms with Crippen molar-refractivity contribution < 1.29 is 14.7 Å². The van der Waals surface area contributed by atoms with E-state index in [-0.39, 0.29) is 23.9 Å². The Balaban J connectivity index is 1.23. The zero-order chi connectivity index (χ0) is 28.8. The van der Waals surface area contributed by atoms with E-state index in [1.807, 2.05) is 48.5 Å². The van der Waals surface area contributed by atoms with Crippen LogP contribution >= 0.6 is 15.9 Å². The summed E-state index contributed by atoms with van der Waals surface area (Å²) in [5, 5.41) is 16.3. The Morgan fingerprint density at radius 2 is 1.85 bits per heavy atom. The molecule has 4 heterocycles. The van der Waals surface area contributed by atoms with Crippen molar-refractivity contribution in [3.8, 4) is 11.4 Å². The number of aryl methyl sites for hydroxylation is 1. The molecule has 2 saturated carbocycles. The normalized spacial score (nSPS) is 22.3. The van der Waals surface area contributed by atoms with Crippen molar-refractivity contribution in [1.82, 2.24) is 24.0 Å². The molecule has 4 aromatic rings. The van der Waals surface area contributed by atoms with Gasteiger partial charge in [-0.2, -0.15) is 5.10 Å². The van der Waals surface area contributed by atoms with E-state index in [0.29, 0.717) is 18.0 Å². The summed E-state index contributed by atoms with van der Waals surface area (Å²) < 4.78 is 5.31. The highest BCUT2D eigenvalue weighted by molar-refractivity contribution is 9.10. The van der Waals surface area contributed by atoms with Crippen molar-refractivity contribution in [2.45, 2.75) is 77.5 Å². The zero-order valence-corrected chi connectivity index (χ0v) is 25.6. The van der Waals surface area contributed by atoms with Gasteiger partial charge in [0.2, 0.25) is 0 Å². The van der Waals surface area contributed by atoms with Gasteiger partial charge in [0.1, 0.15) is 5.69 Å². The highest BCUT2D eigenvalue weighted by Crippen LogP contribution is 2.44. The maximum atomic E-state index is 13.9. The summed E-state index contributed by atoms with van der Waals surface area (Å²) in [5.74, 6) is 0.820. The third-order valence-electron chi connectivity index (χ3n) is 9.40. The minimum absolute atomic E-state index is 0.0502. The van der Waals surface area contributed by atoms with Gasteiger partial charge >= 0.3 is 6.09 Å². The second kappa shape index (κ2) is 9.34. The van der Waals surface area contributed by atoms with Crippen molar-refractivity contribution in [3.63, 3.8) is 0 Å². The lowest BCUT2D eigenvalue weighted by Crippen LogP contribution is -2.55. The molecule has 1 saturated heterocycles. The number of fused-ring (bicyclic) bond motifs is 4. The smallest absolute Gasteiger partial charge is 0.408 e. The highest BCUT2D eigenvalue weighted by Gasteiger charge is 2.54. The van der Waals surface area contributed by atoms with Crippen LogP contribution in [0.3, 0.4) is 0 Å². The first-order valence-corrected chi connectivity index (χ1v) is 15.4. The number of aromatic nitrogens is 3. The van der Waals surface area contributed by atoms with Crippen molar-refractivity contribution in [3.05, 3.63) is 58.2 Å². The first-order valence-electron chi connectivity index (χ1n) is 14.6. The minimum atomic E-state index is -0.916. The summed E-state index contributed by atoms with van der Waals surface area (Å²) in [6, 6.07) is 12.3. The summed E-state index contributed by atoms with van der Waals surface area (Å²) in [4.78, 5) is 29.6. The first kappa shape index (κ1) is 26.6. The Kier molecular flexibility index (Phi) is 6.05. The number of rotatable bonds is 5. The lowest BCUT2D eigenvalue weighted by Gasteiger charge is -2.40. The monoisotopic (exact) mass is 617 g/mol. The van der Waals surface area contributed by atoms with Gasteiger partial charge in [0, 0.05) is 45.8 Å². The number of piperidine rings is 1.